The summed E-state index contributed by atoms with van der Waals surface area (Å²) in [6, 6.07) is 44.1. The van der Waals surface area contributed by atoms with Crippen LogP contribution in [0, 0.1) is 5.41 Å². The summed E-state index contributed by atoms with van der Waals surface area (Å²) in [5, 5.41) is 8.86. The minimum atomic E-state index is -1.25. The van der Waals surface area contributed by atoms with E-state index in [9.17, 15) is 14.4 Å². The molecule has 0 radical (unpaired) electrons. The third-order valence-corrected chi connectivity index (χ3v) is 10.2. The first kappa shape index (κ1) is 40.9. The number of fused-ring (bicyclic) bond motifs is 3. The lowest BCUT2D eigenvalue weighted by Crippen LogP contribution is -2.53. The fourth-order valence-electron chi connectivity index (χ4n) is 7.29. The zero-order valence-corrected chi connectivity index (χ0v) is 33.0. The first-order valence-electron chi connectivity index (χ1n) is 19.7. The van der Waals surface area contributed by atoms with E-state index >= 15 is 0 Å². The van der Waals surface area contributed by atoms with Crippen molar-refractivity contribution in [1.29, 1.82) is 0 Å². The van der Waals surface area contributed by atoms with E-state index in [1.165, 1.54) is 0 Å². The first-order chi connectivity index (χ1) is 27.7. The normalized spacial score (nSPS) is 12.9. The van der Waals surface area contributed by atoms with E-state index in [0.717, 1.165) is 45.4 Å². The van der Waals surface area contributed by atoms with Crippen LogP contribution in [0.1, 0.15) is 67.3 Å². The zero-order valence-electron chi connectivity index (χ0n) is 33.0. The molecule has 3 amide bonds. The Morgan fingerprint density at radius 1 is 0.614 bits per heavy atom. The summed E-state index contributed by atoms with van der Waals surface area (Å²) in [5.41, 5.74) is 5.94. The molecule has 0 fully saturated rings. The molecule has 0 aromatic heterocycles. The molecule has 6 rings (SSSR count). The molecule has 0 saturated carbocycles. The van der Waals surface area contributed by atoms with Crippen molar-refractivity contribution in [2.24, 2.45) is 5.41 Å². The fraction of sp³-hybridized carbons (Fsp3) is 0.312. The summed E-state index contributed by atoms with van der Waals surface area (Å²) in [4.78, 5) is 41.7. The predicted octanol–water partition coefficient (Wildman–Crippen LogP) is 7.98. The van der Waals surface area contributed by atoms with Gasteiger partial charge in [0.1, 0.15) is 18.2 Å². The lowest BCUT2D eigenvalue weighted by Gasteiger charge is -2.37. The van der Waals surface area contributed by atoms with Crippen molar-refractivity contribution in [3.8, 4) is 11.1 Å². The van der Waals surface area contributed by atoms with E-state index in [0.29, 0.717) is 19.8 Å². The highest BCUT2D eigenvalue weighted by Crippen LogP contribution is 2.44. The van der Waals surface area contributed by atoms with Crippen LogP contribution in [-0.4, -0.2) is 63.5 Å². The van der Waals surface area contributed by atoms with Crippen LogP contribution in [0.5, 0.6) is 0 Å². The van der Waals surface area contributed by atoms with Gasteiger partial charge in [-0.1, -0.05) is 160 Å². The van der Waals surface area contributed by atoms with E-state index in [1.807, 2.05) is 127 Å². The van der Waals surface area contributed by atoms with E-state index in [4.69, 9.17) is 14.2 Å². The zero-order chi connectivity index (χ0) is 40.1. The van der Waals surface area contributed by atoms with Crippen molar-refractivity contribution < 1.29 is 28.6 Å². The van der Waals surface area contributed by atoms with Gasteiger partial charge in [0.2, 0.25) is 11.8 Å². The maximum absolute atomic E-state index is 14.4. The molecular weight excluding hydrogens is 715 g/mol. The lowest BCUT2D eigenvalue weighted by molar-refractivity contribution is -0.129. The highest BCUT2D eigenvalue weighted by Gasteiger charge is 2.39. The van der Waals surface area contributed by atoms with Crippen molar-refractivity contribution in [2.45, 2.75) is 51.1 Å². The van der Waals surface area contributed by atoms with Crippen LogP contribution in [0.2, 0.25) is 0 Å². The maximum Gasteiger partial charge on any atom is 0.407 e. The number of carbonyl (C=O) groups is 3. The quantitative estimate of drug-likeness (QED) is 0.0616. The Morgan fingerprint density at radius 2 is 1.09 bits per heavy atom. The molecule has 9 nitrogen and oxygen atoms in total. The van der Waals surface area contributed by atoms with Crippen LogP contribution in [0.3, 0.4) is 0 Å². The molecule has 5 aromatic rings. The van der Waals surface area contributed by atoms with Gasteiger partial charge in [0, 0.05) is 19.1 Å². The summed E-state index contributed by atoms with van der Waals surface area (Å²) in [6.45, 7) is 8.45. The average Bonchev–Trinajstić information content (AvgIpc) is 3.55. The molecule has 9 heteroatoms. The van der Waals surface area contributed by atoms with E-state index in [1.54, 1.807) is 0 Å². The Hall–Kier alpha value is -5.77. The Bertz CT molecular complexity index is 1920. The molecule has 5 aromatic carbocycles. The molecule has 0 aliphatic heterocycles. The van der Waals surface area contributed by atoms with Crippen molar-refractivity contribution in [3.63, 3.8) is 0 Å². The molecule has 3 N–H and O–H groups in total. The van der Waals surface area contributed by atoms with Crippen LogP contribution < -0.4 is 16.0 Å². The molecule has 0 bridgehead atoms. The average molecular weight is 768 g/mol. The largest absolute Gasteiger partial charge is 0.449 e. The summed E-state index contributed by atoms with van der Waals surface area (Å²) in [5.74, 6) is -1.15. The van der Waals surface area contributed by atoms with Crippen molar-refractivity contribution in [1.82, 2.24) is 16.0 Å². The van der Waals surface area contributed by atoms with Gasteiger partial charge in [-0.25, -0.2) is 4.79 Å². The van der Waals surface area contributed by atoms with Crippen LogP contribution >= 0.6 is 0 Å². The third kappa shape index (κ3) is 10.6. The molecule has 57 heavy (non-hydrogen) atoms. The number of rotatable bonds is 18. The van der Waals surface area contributed by atoms with Gasteiger partial charge in [0.15, 0.2) is 0 Å². The van der Waals surface area contributed by atoms with Gasteiger partial charge in [-0.05, 0) is 50.8 Å². The Balaban J connectivity index is 1.17. The van der Waals surface area contributed by atoms with E-state index in [-0.39, 0.29) is 37.5 Å². The van der Waals surface area contributed by atoms with Gasteiger partial charge in [0.25, 0.3) is 0 Å². The molecule has 296 valence electrons. The van der Waals surface area contributed by atoms with Gasteiger partial charge in [-0.2, -0.15) is 0 Å². The maximum atomic E-state index is 14.4. The summed E-state index contributed by atoms with van der Waals surface area (Å²) in [6.07, 6.45) is -0.209. The SMILES string of the molecule is CC(C)(C)CCOCCOCCNC(=O)[C@H](CC(=O)NC(c1ccccc1)(c1ccccc1)c1ccccc1)NC(=O)OCC1c2ccccc2-c2ccccc21. The van der Waals surface area contributed by atoms with Gasteiger partial charge >= 0.3 is 6.09 Å². The number of hydrogen-bond donors (Lipinski definition) is 3. The lowest BCUT2D eigenvalue weighted by atomic mass is 9.77. The molecule has 0 heterocycles. The minimum Gasteiger partial charge on any atom is -0.449 e. The van der Waals surface area contributed by atoms with Gasteiger partial charge in [0.05, 0.1) is 26.2 Å². The Morgan fingerprint density at radius 3 is 1.60 bits per heavy atom. The molecule has 1 atom stereocenters. The van der Waals surface area contributed by atoms with Crippen molar-refractivity contribution in [3.05, 3.63) is 167 Å². The van der Waals surface area contributed by atoms with Gasteiger partial charge in [-0.3, -0.25) is 9.59 Å². The number of alkyl carbamates (subject to hydrolysis) is 1. The third-order valence-electron chi connectivity index (χ3n) is 10.2. The fourth-order valence-corrected chi connectivity index (χ4v) is 7.29. The van der Waals surface area contributed by atoms with Gasteiger partial charge < -0.3 is 30.2 Å². The summed E-state index contributed by atoms with van der Waals surface area (Å²) < 4.78 is 17.2. The smallest absolute Gasteiger partial charge is 0.407 e. The second kappa shape index (κ2) is 19.4. The van der Waals surface area contributed by atoms with Crippen molar-refractivity contribution >= 4 is 17.9 Å². The topological polar surface area (TPSA) is 115 Å². The molecule has 0 saturated heterocycles. The number of carbonyl (C=O) groups excluding carboxylic acids is 3. The van der Waals surface area contributed by atoms with Crippen LogP contribution in [0.15, 0.2) is 140 Å². The van der Waals surface area contributed by atoms with E-state index in [2.05, 4.69) is 48.9 Å². The number of ether oxygens (including phenoxy) is 3. The molecule has 0 spiro atoms. The van der Waals surface area contributed by atoms with E-state index < -0.39 is 29.5 Å². The standard InChI is InChI=1S/C48H53N3O6/c1-47(2,3)27-29-55-31-32-56-30-28-49-45(53)43(50-46(54)57-34-42-40-25-15-13-23-38(40)39-24-14-16-26-41(39)42)33-44(52)51-48(35-17-7-4-8-18-35,36-19-9-5-10-20-36)37-21-11-6-12-22-37/h4-26,42-43H,27-34H2,1-3H3,(H,49,53)(H,50,54)(H,51,52)/t43-/m0/s1. The number of hydrogen-bond acceptors (Lipinski definition) is 6. The first-order valence-corrected chi connectivity index (χ1v) is 19.7. The Kier molecular flexibility index (Phi) is 13.9. The molecule has 1 aliphatic carbocycles. The number of nitrogens with one attached hydrogen (secondary N) is 3. The molecule has 1 aliphatic rings. The monoisotopic (exact) mass is 767 g/mol. The number of benzene rings is 5. The molecular formula is C48H53N3O6. The highest BCUT2D eigenvalue weighted by molar-refractivity contribution is 5.91. The molecule has 0 unspecified atom stereocenters. The van der Waals surface area contributed by atoms with Gasteiger partial charge in [-0.15, -0.1) is 0 Å². The summed E-state index contributed by atoms with van der Waals surface area (Å²) >= 11 is 0. The van der Waals surface area contributed by atoms with Crippen molar-refractivity contribution in [2.75, 3.05) is 39.6 Å². The summed E-state index contributed by atoms with van der Waals surface area (Å²) in [7, 11) is 0. The Labute approximate surface area is 336 Å². The number of amides is 3. The predicted molar refractivity (Wildman–Crippen MR) is 223 cm³/mol. The van der Waals surface area contributed by atoms with Crippen LogP contribution in [-0.2, 0) is 29.3 Å². The highest BCUT2D eigenvalue weighted by atomic mass is 16.5. The van der Waals surface area contributed by atoms with Crippen LogP contribution in [0.25, 0.3) is 11.1 Å². The second-order valence-electron chi connectivity index (χ2n) is 15.4. The second-order valence-corrected chi connectivity index (χ2v) is 15.4. The van der Waals surface area contributed by atoms with Crippen LogP contribution in [0.4, 0.5) is 4.79 Å². The minimum absolute atomic E-state index is 0.0607.